The number of carbonyl (C=O) groups excluding carboxylic acids is 1. The van der Waals surface area contributed by atoms with Gasteiger partial charge in [0.1, 0.15) is 6.54 Å². The smallest absolute Gasteiger partial charge is 0.395 e. The Morgan fingerprint density at radius 2 is 2.11 bits per heavy atom. The second-order valence-electron chi connectivity index (χ2n) is 4.14. The van der Waals surface area contributed by atoms with E-state index in [0.717, 1.165) is 16.9 Å². The van der Waals surface area contributed by atoms with Crippen molar-refractivity contribution in [2.45, 2.75) is 26.4 Å². The van der Waals surface area contributed by atoms with Crippen LogP contribution in [0.25, 0.3) is 0 Å². The summed E-state index contributed by atoms with van der Waals surface area (Å²) in [4.78, 5) is 13.9. The van der Waals surface area contributed by atoms with Gasteiger partial charge in [-0.05, 0) is 25.0 Å². The third-order valence-electron chi connectivity index (χ3n) is 2.58. The minimum atomic E-state index is -4.47. The molecule has 0 saturated heterocycles. The van der Waals surface area contributed by atoms with Gasteiger partial charge in [-0.1, -0.05) is 6.92 Å². The largest absolute Gasteiger partial charge is 0.406 e. The summed E-state index contributed by atoms with van der Waals surface area (Å²) >= 11 is 1.21. The average Bonchev–Trinajstić information content (AvgIpc) is 2.67. The van der Waals surface area contributed by atoms with Crippen LogP contribution >= 0.6 is 11.3 Å². The molecule has 7 heteroatoms. The van der Waals surface area contributed by atoms with Gasteiger partial charge in [-0.3, -0.25) is 4.79 Å². The second-order valence-corrected chi connectivity index (χ2v) is 5.27. The number of halogens is 3. The highest BCUT2D eigenvalue weighted by molar-refractivity contribution is 7.14. The molecule has 0 radical (unpaired) electrons. The number of hydrogen-bond donors (Lipinski definition) is 1. The van der Waals surface area contributed by atoms with Crippen molar-refractivity contribution in [2.24, 2.45) is 0 Å². The molecule has 0 fully saturated rings. The SMILES string of the molecule is CCc1sc(C(=O)N(CCO)CC(F)(F)F)cc1C. The summed E-state index contributed by atoms with van der Waals surface area (Å²) in [6.07, 6.45) is -3.73. The number of amides is 1. The first kappa shape index (κ1) is 16.0. The molecular weight excluding hydrogens is 279 g/mol. The molecule has 0 unspecified atom stereocenters. The van der Waals surface area contributed by atoms with Gasteiger partial charge in [-0.25, -0.2) is 0 Å². The number of aliphatic hydroxyl groups is 1. The van der Waals surface area contributed by atoms with Crippen molar-refractivity contribution in [1.29, 1.82) is 0 Å². The van der Waals surface area contributed by atoms with Crippen LogP contribution in [0, 0.1) is 6.92 Å². The normalized spacial score (nSPS) is 11.7. The number of thiophene rings is 1. The van der Waals surface area contributed by atoms with E-state index in [0.29, 0.717) is 4.90 Å². The Labute approximate surface area is 113 Å². The number of aliphatic hydroxyl groups excluding tert-OH is 1. The standard InChI is InChI=1S/C12H16F3NO2S/c1-3-9-8(2)6-10(19-9)11(18)16(4-5-17)7-12(13,14)15/h6,17H,3-5,7H2,1-2H3. The van der Waals surface area contributed by atoms with Crippen LogP contribution in [0.1, 0.15) is 27.0 Å². The molecule has 1 rings (SSSR count). The lowest BCUT2D eigenvalue weighted by atomic mass is 10.2. The molecular formula is C12H16F3NO2S. The third kappa shape index (κ3) is 4.50. The Morgan fingerprint density at radius 1 is 1.47 bits per heavy atom. The molecule has 0 aromatic carbocycles. The van der Waals surface area contributed by atoms with E-state index in [9.17, 15) is 18.0 Å². The molecule has 1 heterocycles. The lowest BCUT2D eigenvalue weighted by Gasteiger charge is -2.22. The molecule has 0 aliphatic carbocycles. The summed E-state index contributed by atoms with van der Waals surface area (Å²) in [7, 11) is 0. The molecule has 1 aromatic heterocycles. The molecule has 1 amide bonds. The van der Waals surface area contributed by atoms with Crippen LogP contribution in [0.5, 0.6) is 0 Å². The van der Waals surface area contributed by atoms with Crippen molar-refractivity contribution in [1.82, 2.24) is 4.90 Å². The zero-order valence-corrected chi connectivity index (χ0v) is 11.6. The minimum absolute atomic E-state index is 0.284. The summed E-state index contributed by atoms with van der Waals surface area (Å²) in [5.74, 6) is -0.681. The van der Waals surface area contributed by atoms with E-state index in [1.165, 1.54) is 11.3 Å². The quantitative estimate of drug-likeness (QED) is 0.907. The first-order valence-electron chi connectivity index (χ1n) is 5.84. The Balaban J connectivity index is 2.92. The fourth-order valence-electron chi connectivity index (χ4n) is 1.72. The van der Waals surface area contributed by atoms with Crippen molar-refractivity contribution in [3.8, 4) is 0 Å². The summed E-state index contributed by atoms with van der Waals surface area (Å²) in [6.45, 7) is 1.59. The maximum absolute atomic E-state index is 12.4. The van der Waals surface area contributed by atoms with Crippen LogP contribution in [0.3, 0.4) is 0 Å². The lowest BCUT2D eigenvalue weighted by Crippen LogP contribution is -2.40. The van der Waals surface area contributed by atoms with Gasteiger partial charge in [0.05, 0.1) is 11.5 Å². The summed E-state index contributed by atoms with van der Waals surface area (Å²) in [6, 6.07) is 1.60. The minimum Gasteiger partial charge on any atom is -0.395 e. The van der Waals surface area contributed by atoms with Crippen LogP contribution in [0.2, 0.25) is 0 Å². The van der Waals surface area contributed by atoms with Crippen LogP contribution in [-0.2, 0) is 6.42 Å². The summed E-state index contributed by atoms with van der Waals surface area (Å²) in [5, 5.41) is 8.78. The van der Waals surface area contributed by atoms with E-state index in [4.69, 9.17) is 5.11 Å². The Bertz CT molecular complexity index is 443. The van der Waals surface area contributed by atoms with Crippen molar-refractivity contribution < 1.29 is 23.1 Å². The summed E-state index contributed by atoms with van der Waals surface area (Å²) in [5.41, 5.74) is 0.909. The molecule has 19 heavy (non-hydrogen) atoms. The highest BCUT2D eigenvalue weighted by atomic mass is 32.1. The van der Waals surface area contributed by atoms with E-state index >= 15 is 0 Å². The number of carbonyl (C=O) groups is 1. The third-order valence-corrected chi connectivity index (χ3v) is 3.95. The number of aryl methyl sites for hydroxylation is 2. The molecule has 0 bridgehead atoms. The molecule has 0 saturated carbocycles. The predicted octanol–water partition coefficient (Wildman–Crippen LogP) is 2.62. The first-order chi connectivity index (χ1) is 8.78. The van der Waals surface area contributed by atoms with Gasteiger partial charge in [0.2, 0.25) is 0 Å². The van der Waals surface area contributed by atoms with Gasteiger partial charge >= 0.3 is 6.18 Å². The number of hydrogen-bond acceptors (Lipinski definition) is 3. The van der Waals surface area contributed by atoms with Gasteiger partial charge < -0.3 is 10.0 Å². The fraction of sp³-hybridized carbons (Fsp3) is 0.583. The Hall–Kier alpha value is -1.08. The van der Waals surface area contributed by atoms with Crippen LogP contribution in [0.15, 0.2) is 6.07 Å². The molecule has 108 valence electrons. The van der Waals surface area contributed by atoms with Crippen molar-refractivity contribution in [2.75, 3.05) is 19.7 Å². The fourth-order valence-corrected chi connectivity index (χ4v) is 2.80. The van der Waals surface area contributed by atoms with Crippen molar-refractivity contribution in [3.63, 3.8) is 0 Å². The highest BCUT2D eigenvalue weighted by Crippen LogP contribution is 2.25. The second kappa shape index (κ2) is 6.38. The van der Waals surface area contributed by atoms with E-state index in [1.54, 1.807) is 6.07 Å². The number of nitrogens with zero attached hydrogens (tertiary/aromatic N) is 1. The van der Waals surface area contributed by atoms with E-state index in [2.05, 4.69) is 0 Å². The van der Waals surface area contributed by atoms with Crippen LogP contribution < -0.4 is 0 Å². The zero-order chi connectivity index (χ0) is 14.6. The topological polar surface area (TPSA) is 40.5 Å². The van der Waals surface area contributed by atoms with Gasteiger partial charge in [-0.2, -0.15) is 13.2 Å². The molecule has 1 aromatic rings. The van der Waals surface area contributed by atoms with Crippen LogP contribution in [-0.4, -0.2) is 41.8 Å². The maximum Gasteiger partial charge on any atom is 0.406 e. The lowest BCUT2D eigenvalue weighted by molar-refractivity contribution is -0.141. The monoisotopic (exact) mass is 295 g/mol. The van der Waals surface area contributed by atoms with E-state index in [-0.39, 0.29) is 11.4 Å². The van der Waals surface area contributed by atoms with Crippen LogP contribution in [0.4, 0.5) is 13.2 Å². The van der Waals surface area contributed by atoms with E-state index in [1.807, 2.05) is 13.8 Å². The molecule has 3 nitrogen and oxygen atoms in total. The Kier molecular flexibility index (Phi) is 5.37. The maximum atomic E-state index is 12.4. The van der Waals surface area contributed by atoms with Crippen molar-refractivity contribution in [3.05, 3.63) is 21.4 Å². The number of alkyl halides is 3. The average molecular weight is 295 g/mol. The molecule has 0 aliphatic heterocycles. The summed E-state index contributed by atoms with van der Waals surface area (Å²) < 4.78 is 37.2. The van der Waals surface area contributed by atoms with Gasteiger partial charge in [-0.15, -0.1) is 11.3 Å². The van der Waals surface area contributed by atoms with Gasteiger partial charge in [0.25, 0.3) is 5.91 Å². The highest BCUT2D eigenvalue weighted by Gasteiger charge is 2.33. The zero-order valence-electron chi connectivity index (χ0n) is 10.8. The molecule has 0 atom stereocenters. The Morgan fingerprint density at radius 3 is 2.53 bits per heavy atom. The molecule has 0 aliphatic rings. The number of rotatable bonds is 5. The molecule has 0 spiro atoms. The first-order valence-corrected chi connectivity index (χ1v) is 6.66. The predicted molar refractivity (Wildman–Crippen MR) is 67.5 cm³/mol. The van der Waals surface area contributed by atoms with E-state index < -0.39 is 25.2 Å². The van der Waals surface area contributed by atoms with Gasteiger partial charge in [0.15, 0.2) is 0 Å². The van der Waals surface area contributed by atoms with Gasteiger partial charge in [0, 0.05) is 11.4 Å². The van der Waals surface area contributed by atoms with Crippen molar-refractivity contribution >= 4 is 17.2 Å². The molecule has 1 N–H and O–H groups in total.